The Morgan fingerprint density at radius 2 is 1.62 bits per heavy atom. The summed E-state index contributed by atoms with van der Waals surface area (Å²) in [6.45, 7) is 14.4. The summed E-state index contributed by atoms with van der Waals surface area (Å²) < 4.78 is 12.3. The third kappa shape index (κ3) is 6.33. The van der Waals surface area contributed by atoms with Gasteiger partial charge in [-0.25, -0.2) is 0 Å². The molecule has 1 heterocycles. The SMILES string of the molecule is CCCC(C)(C)[Si](C)(C)OCCc1ccc(CCCC2(c3ccccc3)CCOC2)cc1. The molecule has 0 N–H and O–H groups in total. The molecule has 3 rings (SSSR count). The van der Waals surface area contributed by atoms with Gasteiger partial charge in [-0.2, -0.15) is 0 Å². The molecule has 2 nitrogen and oxygen atoms in total. The molecule has 2 aromatic carbocycles. The summed E-state index contributed by atoms with van der Waals surface area (Å²) in [5, 5.41) is 0.326. The van der Waals surface area contributed by atoms with E-state index in [1.165, 1.54) is 42.4 Å². The molecule has 2 aromatic rings. The van der Waals surface area contributed by atoms with Gasteiger partial charge in [0.05, 0.1) is 6.61 Å². The van der Waals surface area contributed by atoms with Crippen LogP contribution in [0.1, 0.15) is 69.6 Å². The van der Waals surface area contributed by atoms with Crippen LogP contribution in [0.4, 0.5) is 0 Å². The second-order valence-electron chi connectivity index (χ2n) is 10.9. The maximum Gasteiger partial charge on any atom is 0.192 e. The topological polar surface area (TPSA) is 18.5 Å². The Hall–Kier alpha value is -1.42. The predicted octanol–water partition coefficient (Wildman–Crippen LogP) is 7.71. The average molecular weight is 453 g/mol. The number of rotatable bonds is 12. The van der Waals surface area contributed by atoms with Crippen LogP contribution in [0.3, 0.4) is 0 Å². The third-order valence-electron chi connectivity index (χ3n) is 7.99. The van der Waals surface area contributed by atoms with Crippen molar-refractivity contribution in [1.29, 1.82) is 0 Å². The maximum absolute atomic E-state index is 6.48. The van der Waals surface area contributed by atoms with Crippen LogP contribution in [0.15, 0.2) is 54.6 Å². The first-order chi connectivity index (χ1) is 15.3. The van der Waals surface area contributed by atoms with Crippen LogP contribution in [0.25, 0.3) is 0 Å². The van der Waals surface area contributed by atoms with Crippen LogP contribution < -0.4 is 0 Å². The number of aryl methyl sites for hydroxylation is 1. The molecule has 1 aliphatic heterocycles. The minimum atomic E-state index is -1.69. The molecular weight excluding hydrogens is 408 g/mol. The van der Waals surface area contributed by atoms with E-state index in [4.69, 9.17) is 9.16 Å². The number of ether oxygens (including phenoxy) is 1. The van der Waals surface area contributed by atoms with E-state index < -0.39 is 8.32 Å². The van der Waals surface area contributed by atoms with E-state index in [0.29, 0.717) is 5.04 Å². The fourth-order valence-corrected chi connectivity index (χ4v) is 6.87. The highest BCUT2D eigenvalue weighted by Gasteiger charge is 2.40. The molecule has 0 saturated carbocycles. The number of hydrogen-bond acceptors (Lipinski definition) is 2. The van der Waals surface area contributed by atoms with E-state index in [9.17, 15) is 0 Å². The van der Waals surface area contributed by atoms with E-state index in [1.807, 2.05) is 0 Å². The Bertz CT molecular complexity index is 805. The summed E-state index contributed by atoms with van der Waals surface area (Å²) in [5.41, 5.74) is 4.48. The summed E-state index contributed by atoms with van der Waals surface area (Å²) in [7, 11) is -1.69. The van der Waals surface area contributed by atoms with Gasteiger partial charge in [-0.15, -0.1) is 0 Å². The van der Waals surface area contributed by atoms with Gasteiger partial charge in [-0.3, -0.25) is 0 Å². The van der Waals surface area contributed by atoms with Crippen molar-refractivity contribution in [3.63, 3.8) is 0 Å². The van der Waals surface area contributed by atoms with Crippen LogP contribution >= 0.6 is 0 Å². The van der Waals surface area contributed by atoms with Gasteiger partial charge >= 0.3 is 0 Å². The quantitative estimate of drug-likeness (QED) is 0.307. The lowest BCUT2D eigenvalue weighted by atomic mass is 9.75. The Balaban J connectivity index is 1.47. The smallest absolute Gasteiger partial charge is 0.192 e. The molecule has 3 heteroatoms. The zero-order valence-electron chi connectivity index (χ0n) is 21.1. The van der Waals surface area contributed by atoms with Gasteiger partial charge in [0.1, 0.15) is 0 Å². The van der Waals surface area contributed by atoms with E-state index in [2.05, 4.69) is 88.5 Å². The Morgan fingerprint density at radius 1 is 0.969 bits per heavy atom. The first-order valence-electron chi connectivity index (χ1n) is 12.6. The second kappa shape index (κ2) is 11.1. The van der Waals surface area contributed by atoms with Crippen molar-refractivity contribution in [2.24, 2.45) is 0 Å². The molecule has 0 aromatic heterocycles. The number of benzene rings is 2. The van der Waals surface area contributed by atoms with Crippen molar-refractivity contribution < 1.29 is 9.16 Å². The van der Waals surface area contributed by atoms with Gasteiger partial charge in [-0.1, -0.05) is 81.8 Å². The first kappa shape index (κ1) is 25.2. The number of hydrogen-bond donors (Lipinski definition) is 0. The van der Waals surface area contributed by atoms with E-state index in [-0.39, 0.29) is 5.41 Å². The van der Waals surface area contributed by atoms with Gasteiger partial charge in [0.2, 0.25) is 0 Å². The van der Waals surface area contributed by atoms with Crippen LogP contribution in [-0.4, -0.2) is 28.1 Å². The highest BCUT2D eigenvalue weighted by atomic mass is 28.4. The largest absolute Gasteiger partial charge is 0.416 e. The van der Waals surface area contributed by atoms with Crippen molar-refractivity contribution in [3.8, 4) is 0 Å². The highest BCUT2D eigenvalue weighted by Crippen LogP contribution is 2.42. The molecule has 0 bridgehead atoms. The average Bonchev–Trinajstić information content (AvgIpc) is 3.25. The van der Waals surface area contributed by atoms with Gasteiger partial charge in [-0.05, 0) is 73.3 Å². The third-order valence-corrected chi connectivity index (χ3v) is 12.4. The fraction of sp³-hybridized carbons (Fsp3) is 0.586. The Morgan fingerprint density at radius 3 is 2.22 bits per heavy atom. The molecule has 0 radical (unpaired) electrons. The van der Waals surface area contributed by atoms with Crippen molar-refractivity contribution >= 4 is 8.32 Å². The summed E-state index contributed by atoms with van der Waals surface area (Å²) >= 11 is 0. The van der Waals surface area contributed by atoms with Crippen LogP contribution in [0.2, 0.25) is 18.1 Å². The summed E-state index contributed by atoms with van der Waals surface area (Å²) in [4.78, 5) is 0. The lowest BCUT2D eigenvalue weighted by Gasteiger charge is -2.39. The van der Waals surface area contributed by atoms with E-state index in [1.54, 1.807) is 0 Å². The van der Waals surface area contributed by atoms with E-state index in [0.717, 1.165) is 39.1 Å². The summed E-state index contributed by atoms with van der Waals surface area (Å²) in [6.07, 6.45) is 8.16. The fourth-order valence-electron chi connectivity index (χ4n) is 5.02. The minimum Gasteiger partial charge on any atom is -0.416 e. The second-order valence-corrected chi connectivity index (χ2v) is 15.5. The minimum absolute atomic E-state index is 0.209. The van der Waals surface area contributed by atoms with Crippen molar-refractivity contribution in [2.45, 2.75) is 89.3 Å². The molecule has 1 saturated heterocycles. The zero-order chi connectivity index (χ0) is 23.1. The van der Waals surface area contributed by atoms with Crippen molar-refractivity contribution in [2.75, 3.05) is 19.8 Å². The molecule has 1 unspecified atom stereocenters. The first-order valence-corrected chi connectivity index (χ1v) is 15.5. The van der Waals surface area contributed by atoms with Crippen LogP contribution in [0.5, 0.6) is 0 Å². The van der Waals surface area contributed by atoms with Gasteiger partial charge < -0.3 is 9.16 Å². The highest BCUT2D eigenvalue weighted by molar-refractivity contribution is 6.74. The Labute approximate surface area is 197 Å². The monoisotopic (exact) mass is 452 g/mol. The summed E-state index contributed by atoms with van der Waals surface area (Å²) in [5.74, 6) is 0. The normalized spacial score (nSPS) is 19.4. The molecule has 32 heavy (non-hydrogen) atoms. The lowest BCUT2D eigenvalue weighted by Crippen LogP contribution is -2.42. The predicted molar refractivity (Wildman–Crippen MR) is 139 cm³/mol. The molecule has 0 aliphatic carbocycles. The molecule has 1 fully saturated rings. The maximum atomic E-state index is 6.48. The van der Waals surface area contributed by atoms with E-state index >= 15 is 0 Å². The molecule has 1 atom stereocenters. The zero-order valence-corrected chi connectivity index (χ0v) is 22.1. The van der Waals surface area contributed by atoms with Crippen molar-refractivity contribution in [1.82, 2.24) is 0 Å². The van der Waals surface area contributed by atoms with Crippen LogP contribution in [0, 0.1) is 0 Å². The molecule has 1 aliphatic rings. The molecule has 176 valence electrons. The standard InChI is InChI=1S/C29H44O2Si/c1-6-19-28(2,3)32(4,5)31-22-18-26-16-14-25(15-17-26)11-10-20-29(21-23-30-24-29)27-12-8-7-9-13-27/h7-9,12-17H,6,10-11,18-24H2,1-5H3. The lowest BCUT2D eigenvalue weighted by molar-refractivity contribution is 0.173. The van der Waals surface area contributed by atoms with Gasteiger partial charge in [0.25, 0.3) is 0 Å². The molecular formula is C29H44O2Si. The van der Waals surface area contributed by atoms with Gasteiger partial charge in [0.15, 0.2) is 8.32 Å². The molecule has 0 amide bonds. The van der Waals surface area contributed by atoms with Crippen molar-refractivity contribution in [3.05, 3.63) is 71.3 Å². The van der Waals surface area contributed by atoms with Gasteiger partial charge in [0, 0.05) is 18.6 Å². The molecule has 0 spiro atoms. The Kier molecular flexibility index (Phi) is 8.77. The van der Waals surface area contributed by atoms with Crippen LogP contribution in [-0.2, 0) is 27.4 Å². The summed E-state index contributed by atoms with van der Waals surface area (Å²) in [6, 6.07) is 20.2.